The molecule has 0 unspecified atom stereocenters. The molecule has 0 saturated heterocycles. The van der Waals surface area contributed by atoms with Gasteiger partial charge in [-0.15, -0.1) is 0 Å². The molecule has 3 nitrogen and oxygen atoms in total. The highest BCUT2D eigenvalue weighted by atomic mass is 16.5. The maximum absolute atomic E-state index is 12.4. The van der Waals surface area contributed by atoms with Crippen LogP contribution >= 0.6 is 0 Å². The number of hydrogen-bond donors (Lipinski definition) is 1. The summed E-state index contributed by atoms with van der Waals surface area (Å²) in [6.07, 6.45) is 0.124. The number of carbonyl (C=O) groups excluding carboxylic acids is 1. The highest BCUT2D eigenvalue weighted by molar-refractivity contribution is 5.84. The molecule has 0 aliphatic carbocycles. The Kier molecular flexibility index (Phi) is 5.34. The number of hydrogen-bond acceptors (Lipinski definition) is 2. The van der Waals surface area contributed by atoms with Crippen LogP contribution in [0.25, 0.3) is 10.8 Å². The zero-order valence-corrected chi connectivity index (χ0v) is 14.7. The molecule has 1 amide bonds. The Bertz CT molecular complexity index is 855. The molecule has 3 aromatic rings. The second kappa shape index (κ2) is 7.84. The Morgan fingerprint density at radius 3 is 2.44 bits per heavy atom. The number of rotatable bonds is 6. The summed E-state index contributed by atoms with van der Waals surface area (Å²) in [7, 11) is 0. The summed E-state index contributed by atoms with van der Waals surface area (Å²) in [4.78, 5) is 12.4. The van der Waals surface area contributed by atoms with E-state index >= 15 is 0 Å². The SMILES string of the molecule is CC[C@H](Oc1ccc2ccccc2c1)C(=O)NCc1ccc(C)cc1. The Balaban J connectivity index is 1.64. The summed E-state index contributed by atoms with van der Waals surface area (Å²) in [6.45, 7) is 4.51. The maximum atomic E-state index is 12.4. The van der Waals surface area contributed by atoms with Gasteiger partial charge in [0.25, 0.3) is 5.91 Å². The quantitative estimate of drug-likeness (QED) is 0.715. The predicted octanol–water partition coefficient (Wildman–Crippen LogP) is 4.62. The first-order valence-corrected chi connectivity index (χ1v) is 8.64. The van der Waals surface area contributed by atoms with Crippen molar-refractivity contribution >= 4 is 16.7 Å². The van der Waals surface area contributed by atoms with Crippen molar-refractivity contribution in [2.24, 2.45) is 0 Å². The van der Waals surface area contributed by atoms with Crippen molar-refractivity contribution in [1.82, 2.24) is 5.32 Å². The summed E-state index contributed by atoms with van der Waals surface area (Å²) in [6, 6.07) is 22.2. The standard InChI is InChI=1S/C22H23NO2/c1-3-21(22(24)23-15-17-10-8-16(2)9-11-17)25-20-13-12-18-6-4-5-7-19(18)14-20/h4-14,21H,3,15H2,1-2H3,(H,23,24)/t21-/m0/s1. The van der Waals surface area contributed by atoms with Gasteiger partial charge in [-0.2, -0.15) is 0 Å². The maximum Gasteiger partial charge on any atom is 0.261 e. The zero-order chi connectivity index (χ0) is 17.6. The van der Waals surface area contributed by atoms with Gasteiger partial charge in [-0.1, -0.05) is 67.1 Å². The van der Waals surface area contributed by atoms with E-state index < -0.39 is 6.10 Å². The average Bonchev–Trinajstić information content (AvgIpc) is 2.65. The molecule has 0 aliphatic heterocycles. The second-order valence-corrected chi connectivity index (χ2v) is 6.23. The van der Waals surface area contributed by atoms with Crippen LogP contribution in [0.3, 0.4) is 0 Å². The molecule has 0 radical (unpaired) electrons. The lowest BCUT2D eigenvalue weighted by Gasteiger charge is -2.17. The molecule has 3 aromatic carbocycles. The van der Waals surface area contributed by atoms with Gasteiger partial charge in [0.15, 0.2) is 6.10 Å². The van der Waals surface area contributed by atoms with Crippen molar-refractivity contribution in [3.63, 3.8) is 0 Å². The lowest BCUT2D eigenvalue weighted by atomic mass is 10.1. The highest BCUT2D eigenvalue weighted by Crippen LogP contribution is 2.22. The third kappa shape index (κ3) is 4.38. The summed E-state index contributed by atoms with van der Waals surface area (Å²) < 4.78 is 5.93. The van der Waals surface area contributed by atoms with E-state index in [1.54, 1.807) is 0 Å². The molecule has 3 rings (SSSR count). The Morgan fingerprint density at radius 2 is 1.72 bits per heavy atom. The zero-order valence-electron chi connectivity index (χ0n) is 14.7. The van der Waals surface area contributed by atoms with Gasteiger partial charge < -0.3 is 10.1 Å². The molecular formula is C22H23NO2. The average molecular weight is 333 g/mol. The first kappa shape index (κ1) is 17.0. The van der Waals surface area contributed by atoms with Crippen molar-refractivity contribution in [3.8, 4) is 5.75 Å². The topological polar surface area (TPSA) is 38.3 Å². The molecule has 3 heteroatoms. The molecule has 0 aromatic heterocycles. The largest absolute Gasteiger partial charge is 0.481 e. The van der Waals surface area contributed by atoms with Crippen LogP contribution in [0.1, 0.15) is 24.5 Å². The fourth-order valence-electron chi connectivity index (χ4n) is 2.74. The van der Waals surface area contributed by atoms with Crippen molar-refractivity contribution in [1.29, 1.82) is 0 Å². The van der Waals surface area contributed by atoms with Gasteiger partial charge in [-0.25, -0.2) is 0 Å². The van der Waals surface area contributed by atoms with Crippen LogP contribution in [0.4, 0.5) is 0 Å². The summed E-state index contributed by atoms with van der Waals surface area (Å²) in [5, 5.41) is 5.23. The lowest BCUT2D eigenvalue weighted by molar-refractivity contribution is -0.128. The number of fused-ring (bicyclic) bond motifs is 1. The minimum Gasteiger partial charge on any atom is -0.481 e. The number of benzene rings is 3. The molecule has 1 atom stereocenters. The number of amides is 1. The number of aryl methyl sites for hydroxylation is 1. The smallest absolute Gasteiger partial charge is 0.261 e. The number of ether oxygens (including phenoxy) is 1. The van der Waals surface area contributed by atoms with Gasteiger partial charge in [0.05, 0.1) is 0 Å². The second-order valence-electron chi connectivity index (χ2n) is 6.23. The van der Waals surface area contributed by atoms with E-state index in [4.69, 9.17) is 4.74 Å². The Morgan fingerprint density at radius 1 is 1.00 bits per heavy atom. The third-order valence-electron chi connectivity index (χ3n) is 4.25. The van der Waals surface area contributed by atoms with E-state index in [0.29, 0.717) is 13.0 Å². The van der Waals surface area contributed by atoms with Gasteiger partial charge in [0.1, 0.15) is 5.75 Å². The highest BCUT2D eigenvalue weighted by Gasteiger charge is 2.18. The minimum atomic E-state index is -0.494. The Hall–Kier alpha value is -2.81. The lowest BCUT2D eigenvalue weighted by Crippen LogP contribution is -2.37. The molecule has 0 fully saturated rings. The monoisotopic (exact) mass is 333 g/mol. The van der Waals surface area contributed by atoms with E-state index in [1.807, 2.05) is 74.5 Å². The molecule has 0 heterocycles. The molecule has 0 saturated carbocycles. The van der Waals surface area contributed by atoms with E-state index in [0.717, 1.165) is 22.1 Å². The van der Waals surface area contributed by atoms with Crippen LogP contribution in [0, 0.1) is 6.92 Å². The number of carbonyl (C=O) groups is 1. The summed E-state index contributed by atoms with van der Waals surface area (Å²) >= 11 is 0. The molecule has 0 bridgehead atoms. The minimum absolute atomic E-state index is 0.0868. The molecular weight excluding hydrogens is 310 g/mol. The van der Waals surface area contributed by atoms with E-state index in [2.05, 4.69) is 11.4 Å². The van der Waals surface area contributed by atoms with Crippen molar-refractivity contribution < 1.29 is 9.53 Å². The van der Waals surface area contributed by atoms with E-state index in [9.17, 15) is 4.79 Å². The van der Waals surface area contributed by atoms with Gasteiger partial charge in [0.2, 0.25) is 0 Å². The molecule has 0 aliphatic rings. The first-order chi connectivity index (χ1) is 12.2. The van der Waals surface area contributed by atoms with Gasteiger partial charge >= 0.3 is 0 Å². The molecule has 25 heavy (non-hydrogen) atoms. The molecule has 0 spiro atoms. The van der Waals surface area contributed by atoms with Gasteiger partial charge in [-0.05, 0) is 41.8 Å². The van der Waals surface area contributed by atoms with Crippen LogP contribution in [-0.2, 0) is 11.3 Å². The first-order valence-electron chi connectivity index (χ1n) is 8.64. The van der Waals surface area contributed by atoms with Crippen LogP contribution in [0.5, 0.6) is 5.75 Å². The molecule has 1 N–H and O–H groups in total. The van der Waals surface area contributed by atoms with Crippen molar-refractivity contribution in [3.05, 3.63) is 77.9 Å². The van der Waals surface area contributed by atoms with Gasteiger partial charge in [0, 0.05) is 6.54 Å². The number of nitrogens with one attached hydrogen (secondary N) is 1. The van der Waals surface area contributed by atoms with Crippen LogP contribution in [0.15, 0.2) is 66.7 Å². The normalized spacial score (nSPS) is 11.9. The Labute approximate surface area is 148 Å². The fourth-order valence-corrected chi connectivity index (χ4v) is 2.74. The van der Waals surface area contributed by atoms with E-state index in [-0.39, 0.29) is 5.91 Å². The molecule has 128 valence electrons. The van der Waals surface area contributed by atoms with Crippen LogP contribution in [-0.4, -0.2) is 12.0 Å². The van der Waals surface area contributed by atoms with Crippen LogP contribution < -0.4 is 10.1 Å². The van der Waals surface area contributed by atoms with Crippen LogP contribution in [0.2, 0.25) is 0 Å². The van der Waals surface area contributed by atoms with E-state index in [1.165, 1.54) is 5.56 Å². The predicted molar refractivity (Wildman–Crippen MR) is 102 cm³/mol. The summed E-state index contributed by atoms with van der Waals surface area (Å²) in [5.74, 6) is 0.632. The fraction of sp³-hybridized carbons (Fsp3) is 0.227. The summed E-state index contributed by atoms with van der Waals surface area (Å²) in [5.41, 5.74) is 2.29. The third-order valence-corrected chi connectivity index (χ3v) is 4.25. The van der Waals surface area contributed by atoms with Gasteiger partial charge in [-0.3, -0.25) is 4.79 Å². The van der Waals surface area contributed by atoms with Crippen molar-refractivity contribution in [2.45, 2.75) is 32.9 Å². The van der Waals surface area contributed by atoms with Crippen molar-refractivity contribution in [2.75, 3.05) is 0 Å².